The predicted molar refractivity (Wildman–Crippen MR) is 191 cm³/mol. The van der Waals surface area contributed by atoms with Crippen LogP contribution in [-0.2, 0) is 25.9 Å². The van der Waals surface area contributed by atoms with Crippen LogP contribution in [0.4, 0.5) is 0 Å². The van der Waals surface area contributed by atoms with Gasteiger partial charge in [0, 0.05) is 129 Å². The summed E-state index contributed by atoms with van der Waals surface area (Å²) in [4.78, 5) is 30.2. The number of pyridine rings is 2. The van der Waals surface area contributed by atoms with E-state index in [0.29, 0.717) is 0 Å². The molecule has 2 aromatic heterocycles. The van der Waals surface area contributed by atoms with E-state index in [0.717, 1.165) is 142 Å². The highest BCUT2D eigenvalue weighted by Gasteiger charge is 2.15. The van der Waals surface area contributed by atoms with Gasteiger partial charge < -0.3 is 29.4 Å². The highest BCUT2D eigenvalue weighted by molar-refractivity contribution is 5.15. The molecule has 2 fully saturated rings. The minimum absolute atomic E-state index is 0.903. The molecule has 2 aliphatic heterocycles. The van der Waals surface area contributed by atoms with Gasteiger partial charge in [-0.05, 0) is 79.4 Å². The zero-order valence-electron chi connectivity index (χ0n) is 30.1. The lowest BCUT2D eigenvalue weighted by molar-refractivity contribution is 0.161. The number of hydrogen-bond acceptors (Lipinski definition) is 10. The molecular weight excluding hydrogens is 572 g/mol. The number of rotatable bonds is 7. The Kier molecular flexibility index (Phi) is 15.8. The minimum atomic E-state index is 0.903. The van der Waals surface area contributed by atoms with Crippen molar-refractivity contribution >= 4 is 0 Å². The second-order valence-electron chi connectivity index (χ2n) is 14.1. The number of aromatic nitrogens is 2. The standard InChI is InChI=1S/C36H64N10/c1-39-15-19-41(3)23-27-45(28-24-42(4)20-16-39)31-35-11-7-9-33(37-35)13-14-34-10-8-12-36(38-34)32-46-29-25-43(5)21-17-40(2)18-22-44(6)26-30-46/h7-12H,13-32H2,1-6H3. The van der Waals surface area contributed by atoms with Gasteiger partial charge in [0.25, 0.3) is 0 Å². The van der Waals surface area contributed by atoms with Crippen molar-refractivity contribution in [3.05, 3.63) is 59.2 Å². The lowest BCUT2D eigenvalue weighted by Crippen LogP contribution is -2.43. The first-order valence-electron chi connectivity index (χ1n) is 17.7. The molecule has 0 N–H and O–H groups in total. The van der Waals surface area contributed by atoms with Crippen LogP contribution in [0.5, 0.6) is 0 Å². The number of nitrogens with zero attached hydrogens (tertiary/aromatic N) is 10. The summed E-state index contributed by atoms with van der Waals surface area (Å²) in [7, 11) is 13.5. The van der Waals surface area contributed by atoms with E-state index < -0.39 is 0 Å². The highest BCUT2D eigenvalue weighted by Crippen LogP contribution is 2.11. The van der Waals surface area contributed by atoms with E-state index in [9.17, 15) is 0 Å². The molecule has 10 nitrogen and oxygen atoms in total. The fourth-order valence-corrected chi connectivity index (χ4v) is 6.05. The van der Waals surface area contributed by atoms with Crippen molar-refractivity contribution in [3.63, 3.8) is 0 Å². The summed E-state index contributed by atoms with van der Waals surface area (Å²) in [6, 6.07) is 13.1. The fraction of sp³-hybridized carbons (Fsp3) is 0.722. The van der Waals surface area contributed by atoms with E-state index in [4.69, 9.17) is 9.97 Å². The quantitative estimate of drug-likeness (QED) is 0.447. The van der Waals surface area contributed by atoms with Gasteiger partial charge in [-0.15, -0.1) is 0 Å². The van der Waals surface area contributed by atoms with Gasteiger partial charge in [0.1, 0.15) is 0 Å². The molecule has 0 atom stereocenters. The van der Waals surface area contributed by atoms with Crippen molar-refractivity contribution in [2.24, 2.45) is 0 Å². The summed E-state index contributed by atoms with van der Waals surface area (Å²) >= 11 is 0. The second kappa shape index (κ2) is 19.7. The fourth-order valence-electron chi connectivity index (χ4n) is 6.05. The monoisotopic (exact) mass is 637 g/mol. The van der Waals surface area contributed by atoms with Gasteiger partial charge in [0.15, 0.2) is 0 Å². The third-order valence-electron chi connectivity index (χ3n) is 9.78. The molecule has 2 saturated heterocycles. The van der Waals surface area contributed by atoms with Crippen LogP contribution in [0, 0.1) is 0 Å². The average molecular weight is 637 g/mol. The third-order valence-corrected chi connectivity index (χ3v) is 9.78. The first-order chi connectivity index (χ1) is 22.2. The van der Waals surface area contributed by atoms with Gasteiger partial charge >= 0.3 is 0 Å². The van der Waals surface area contributed by atoms with E-state index in [2.05, 4.69) is 118 Å². The van der Waals surface area contributed by atoms with Crippen LogP contribution < -0.4 is 0 Å². The molecule has 4 rings (SSSR count). The van der Waals surface area contributed by atoms with Crippen molar-refractivity contribution in [2.45, 2.75) is 25.9 Å². The molecule has 2 aromatic rings. The molecule has 0 bridgehead atoms. The van der Waals surface area contributed by atoms with Crippen LogP contribution in [0.2, 0.25) is 0 Å². The Morgan fingerprint density at radius 3 is 0.891 bits per heavy atom. The van der Waals surface area contributed by atoms with Crippen molar-refractivity contribution in [1.29, 1.82) is 0 Å². The zero-order chi connectivity index (χ0) is 32.7. The van der Waals surface area contributed by atoms with E-state index >= 15 is 0 Å². The van der Waals surface area contributed by atoms with Crippen molar-refractivity contribution in [2.75, 3.05) is 147 Å². The Bertz CT molecular complexity index is 1010. The van der Waals surface area contributed by atoms with Gasteiger partial charge in [0.05, 0.1) is 11.4 Å². The average Bonchev–Trinajstić information content (AvgIpc) is 3.05. The van der Waals surface area contributed by atoms with E-state index in [1.165, 1.54) is 11.4 Å². The Labute approximate surface area is 280 Å². The summed E-state index contributed by atoms with van der Waals surface area (Å²) in [6.45, 7) is 19.4. The Hall–Kier alpha value is -2.02. The van der Waals surface area contributed by atoms with Crippen LogP contribution in [0.15, 0.2) is 36.4 Å². The molecule has 46 heavy (non-hydrogen) atoms. The number of likely N-dealkylation sites (N-methyl/N-ethyl adjacent to an activating group) is 6. The smallest absolute Gasteiger partial charge is 0.0547 e. The highest BCUT2D eigenvalue weighted by atomic mass is 15.3. The summed E-state index contributed by atoms with van der Waals surface area (Å²) < 4.78 is 0. The lowest BCUT2D eigenvalue weighted by Gasteiger charge is -2.30. The molecule has 4 heterocycles. The number of hydrogen-bond donors (Lipinski definition) is 0. The van der Waals surface area contributed by atoms with E-state index in [1.54, 1.807) is 0 Å². The molecule has 0 spiro atoms. The van der Waals surface area contributed by atoms with Crippen LogP contribution >= 0.6 is 0 Å². The number of aryl methyl sites for hydroxylation is 2. The second-order valence-corrected chi connectivity index (χ2v) is 14.1. The largest absolute Gasteiger partial charge is 0.304 e. The Morgan fingerprint density at radius 1 is 0.370 bits per heavy atom. The van der Waals surface area contributed by atoms with Crippen molar-refractivity contribution in [1.82, 2.24) is 49.2 Å². The van der Waals surface area contributed by atoms with E-state index in [-0.39, 0.29) is 0 Å². The summed E-state index contributed by atoms with van der Waals surface area (Å²) in [5.41, 5.74) is 4.67. The van der Waals surface area contributed by atoms with Gasteiger partial charge in [-0.2, -0.15) is 0 Å². The lowest BCUT2D eigenvalue weighted by atomic mass is 10.1. The topological polar surface area (TPSA) is 51.7 Å². The SMILES string of the molecule is CN1CCN(C)CCN(Cc2cccc(CCc3cccc(CN4CCN(C)CCN(C)CCN(C)CC4)n3)n2)CCN(C)CC1. The van der Waals surface area contributed by atoms with Crippen LogP contribution in [-0.4, -0.2) is 196 Å². The summed E-state index contributed by atoms with van der Waals surface area (Å²) in [5.74, 6) is 0. The van der Waals surface area contributed by atoms with Crippen LogP contribution in [0.25, 0.3) is 0 Å². The van der Waals surface area contributed by atoms with Gasteiger partial charge in [-0.1, -0.05) is 12.1 Å². The molecule has 0 saturated carbocycles. The van der Waals surface area contributed by atoms with Gasteiger partial charge in [0.2, 0.25) is 0 Å². The molecule has 0 aromatic carbocycles. The molecule has 0 radical (unpaired) electrons. The zero-order valence-corrected chi connectivity index (χ0v) is 30.1. The molecule has 0 unspecified atom stereocenters. The van der Waals surface area contributed by atoms with Crippen LogP contribution in [0.3, 0.4) is 0 Å². The van der Waals surface area contributed by atoms with Gasteiger partial charge in [-0.3, -0.25) is 19.8 Å². The third kappa shape index (κ3) is 14.0. The maximum atomic E-state index is 5.12. The molecular formula is C36H64N10. The molecule has 10 heteroatoms. The normalized spacial score (nSPS) is 22.1. The van der Waals surface area contributed by atoms with Crippen LogP contribution in [0.1, 0.15) is 22.8 Å². The summed E-state index contributed by atoms with van der Waals surface area (Å²) in [6.07, 6.45) is 1.83. The molecule has 0 amide bonds. The van der Waals surface area contributed by atoms with Crippen molar-refractivity contribution in [3.8, 4) is 0 Å². The van der Waals surface area contributed by atoms with Crippen molar-refractivity contribution < 1.29 is 0 Å². The molecule has 258 valence electrons. The molecule has 0 aliphatic carbocycles. The molecule has 2 aliphatic rings. The Balaban J connectivity index is 1.31. The first kappa shape index (κ1) is 36.8. The first-order valence-corrected chi connectivity index (χ1v) is 17.7. The summed E-state index contributed by atoms with van der Waals surface area (Å²) in [5, 5.41) is 0. The minimum Gasteiger partial charge on any atom is -0.304 e. The predicted octanol–water partition coefficient (Wildman–Crippen LogP) is 1.48. The maximum absolute atomic E-state index is 5.12. The van der Waals surface area contributed by atoms with Gasteiger partial charge in [-0.25, -0.2) is 0 Å². The van der Waals surface area contributed by atoms with E-state index in [1.807, 2.05) is 0 Å². The Morgan fingerprint density at radius 2 is 0.609 bits per heavy atom. The maximum Gasteiger partial charge on any atom is 0.0547 e.